The standard InChI is InChI=1S/C15H22N2O3/c1-3-13(15(19)20)17(2)14(18)12(16)10-9-11-7-5-4-6-8-11/h4-8,12-13H,3,9-10,16H2,1-2H3,(H,19,20). The van der Waals surface area contributed by atoms with Crippen molar-refractivity contribution in [2.45, 2.75) is 38.3 Å². The van der Waals surface area contributed by atoms with Gasteiger partial charge in [0, 0.05) is 7.05 Å². The number of carbonyl (C=O) groups excluding carboxylic acids is 1. The van der Waals surface area contributed by atoms with E-state index in [1.165, 1.54) is 11.9 Å². The minimum atomic E-state index is -1.00. The molecule has 1 amide bonds. The van der Waals surface area contributed by atoms with Crippen molar-refractivity contribution >= 4 is 11.9 Å². The van der Waals surface area contributed by atoms with Crippen LogP contribution in [0.5, 0.6) is 0 Å². The third-order valence-electron chi connectivity index (χ3n) is 3.39. The molecule has 0 aliphatic carbocycles. The molecule has 0 aliphatic heterocycles. The molecule has 0 heterocycles. The zero-order valence-corrected chi connectivity index (χ0v) is 12.0. The Balaban J connectivity index is 2.56. The third-order valence-corrected chi connectivity index (χ3v) is 3.39. The molecule has 0 aliphatic rings. The van der Waals surface area contributed by atoms with Gasteiger partial charge in [0.15, 0.2) is 0 Å². The van der Waals surface area contributed by atoms with Crippen LogP contribution in [0.2, 0.25) is 0 Å². The molecule has 5 heteroatoms. The lowest BCUT2D eigenvalue weighted by molar-refractivity contribution is -0.149. The van der Waals surface area contributed by atoms with Gasteiger partial charge in [-0.15, -0.1) is 0 Å². The number of benzene rings is 1. The number of carbonyl (C=O) groups is 2. The van der Waals surface area contributed by atoms with Gasteiger partial charge in [-0.05, 0) is 24.8 Å². The minimum Gasteiger partial charge on any atom is -0.480 e. The number of carboxylic acids is 1. The van der Waals surface area contributed by atoms with Crippen molar-refractivity contribution in [3.63, 3.8) is 0 Å². The molecule has 3 N–H and O–H groups in total. The van der Waals surface area contributed by atoms with E-state index in [2.05, 4.69) is 0 Å². The maximum Gasteiger partial charge on any atom is 0.326 e. The summed E-state index contributed by atoms with van der Waals surface area (Å²) in [6, 6.07) is 8.28. The summed E-state index contributed by atoms with van der Waals surface area (Å²) in [6.45, 7) is 1.73. The highest BCUT2D eigenvalue weighted by Gasteiger charge is 2.27. The van der Waals surface area contributed by atoms with Gasteiger partial charge in [0.2, 0.25) is 5.91 Å². The van der Waals surface area contributed by atoms with Crippen LogP contribution < -0.4 is 5.73 Å². The molecule has 1 aromatic carbocycles. The average Bonchev–Trinajstić information content (AvgIpc) is 2.45. The van der Waals surface area contributed by atoms with E-state index in [0.29, 0.717) is 19.3 Å². The Labute approximate surface area is 119 Å². The van der Waals surface area contributed by atoms with Gasteiger partial charge in [-0.3, -0.25) is 4.79 Å². The summed E-state index contributed by atoms with van der Waals surface area (Å²) >= 11 is 0. The Morgan fingerprint density at radius 1 is 1.30 bits per heavy atom. The van der Waals surface area contributed by atoms with Crippen LogP contribution in [-0.2, 0) is 16.0 Å². The van der Waals surface area contributed by atoms with E-state index in [4.69, 9.17) is 10.8 Å². The van der Waals surface area contributed by atoms with Crippen LogP contribution in [0.25, 0.3) is 0 Å². The zero-order chi connectivity index (χ0) is 15.1. The number of likely N-dealkylation sites (N-methyl/N-ethyl adjacent to an activating group) is 1. The molecule has 110 valence electrons. The summed E-state index contributed by atoms with van der Waals surface area (Å²) in [5, 5.41) is 9.05. The van der Waals surface area contributed by atoms with E-state index >= 15 is 0 Å². The lowest BCUT2D eigenvalue weighted by atomic mass is 10.0. The Kier molecular flexibility index (Phi) is 6.18. The fourth-order valence-corrected chi connectivity index (χ4v) is 2.12. The van der Waals surface area contributed by atoms with Gasteiger partial charge in [0.05, 0.1) is 6.04 Å². The number of aryl methyl sites for hydroxylation is 1. The maximum absolute atomic E-state index is 12.1. The van der Waals surface area contributed by atoms with Crippen LogP contribution >= 0.6 is 0 Å². The highest BCUT2D eigenvalue weighted by Crippen LogP contribution is 2.08. The third kappa shape index (κ3) is 4.35. The molecule has 2 atom stereocenters. The van der Waals surface area contributed by atoms with Gasteiger partial charge in [-0.25, -0.2) is 4.79 Å². The molecule has 1 aromatic rings. The Bertz CT molecular complexity index is 448. The number of hydrogen-bond acceptors (Lipinski definition) is 3. The van der Waals surface area contributed by atoms with Gasteiger partial charge in [-0.1, -0.05) is 37.3 Å². The first kappa shape index (κ1) is 16.2. The monoisotopic (exact) mass is 278 g/mol. The number of aliphatic carboxylic acids is 1. The lowest BCUT2D eigenvalue weighted by Gasteiger charge is -2.26. The van der Waals surface area contributed by atoms with Crippen LogP contribution in [0.4, 0.5) is 0 Å². The first-order valence-corrected chi connectivity index (χ1v) is 6.76. The molecule has 0 aromatic heterocycles. The van der Waals surface area contributed by atoms with Crippen molar-refractivity contribution in [3.8, 4) is 0 Å². The Morgan fingerprint density at radius 3 is 2.40 bits per heavy atom. The van der Waals surface area contributed by atoms with Crippen molar-refractivity contribution in [1.29, 1.82) is 0 Å². The molecule has 0 fully saturated rings. The van der Waals surface area contributed by atoms with Gasteiger partial charge in [-0.2, -0.15) is 0 Å². The van der Waals surface area contributed by atoms with E-state index in [-0.39, 0.29) is 5.91 Å². The van der Waals surface area contributed by atoms with E-state index in [1.807, 2.05) is 30.3 Å². The van der Waals surface area contributed by atoms with Gasteiger partial charge < -0.3 is 15.7 Å². The van der Waals surface area contributed by atoms with Crippen molar-refractivity contribution in [2.24, 2.45) is 5.73 Å². The summed E-state index contributed by atoms with van der Waals surface area (Å²) in [5.41, 5.74) is 6.99. The number of amides is 1. The maximum atomic E-state index is 12.1. The van der Waals surface area contributed by atoms with Gasteiger partial charge >= 0.3 is 5.97 Å². The highest BCUT2D eigenvalue weighted by molar-refractivity contribution is 5.86. The molecule has 5 nitrogen and oxygen atoms in total. The highest BCUT2D eigenvalue weighted by atomic mass is 16.4. The van der Waals surface area contributed by atoms with Crippen molar-refractivity contribution < 1.29 is 14.7 Å². The second-order valence-corrected chi connectivity index (χ2v) is 4.84. The topological polar surface area (TPSA) is 83.6 Å². The van der Waals surface area contributed by atoms with E-state index in [9.17, 15) is 9.59 Å². The zero-order valence-electron chi connectivity index (χ0n) is 12.0. The van der Waals surface area contributed by atoms with Crippen molar-refractivity contribution in [3.05, 3.63) is 35.9 Å². The Morgan fingerprint density at radius 2 is 1.90 bits per heavy atom. The number of nitrogens with zero attached hydrogens (tertiary/aromatic N) is 1. The Hall–Kier alpha value is -1.88. The molecule has 20 heavy (non-hydrogen) atoms. The summed E-state index contributed by atoms with van der Waals surface area (Å²) in [5.74, 6) is -1.33. The van der Waals surface area contributed by atoms with Gasteiger partial charge in [0.25, 0.3) is 0 Å². The molecular weight excluding hydrogens is 256 g/mol. The molecule has 0 saturated heterocycles. The summed E-state index contributed by atoms with van der Waals surface area (Å²) in [6.07, 6.45) is 1.57. The predicted octanol–water partition coefficient (Wildman–Crippen LogP) is 1.27. The van der Waals surface area contributed by atoms with E-state index in [1.54, 1.807) is 6.92 Å². The van der Waals surface area contributed by atoms with Crippen LogP contribution in [0.15, 0.2) is 30.3 Å². The van der Waals surface area contributed by atoms with Crippen LogP contribution in [0.3, 0.4) is 0 Å². The van der Waals surface area contributed by atoms with E-state index < -0.39 is 18.1 Å². The molecule has 0 spiro atoms. The summed E-state index contributed by atoms with van der Waals surface area (Å²) in [4.78, 5) is 24.4. The molecule has 2 unspecified atom stereocenters. The summed E-state index contributed by atoms with van der Waals surface area (Å²) < 4.78 is 0. The normalized spacial score (nSPS) is 13.6. The largest absolute Gasteiger partial charge is 0.480 e. The fourth-order valence-electron chi connectivity index (χ4n) is 2.12. The van der Waals surface area contributed by atoms with Crippen molar-refractivity contribution in [2.75, 3.05) is 7.05 Å². The molecule has 1 rings (SSSR count). The smallest absolute Gasteiger partial charge is 0.326 e. The second kappa shape index (κ2) is 7.65. The number of carboxylic acid groups (broad SMARTS) is 1. The molecule has 0 bridgehead atoms. The molecular formula is C15H22N2O3. The minimum absolute atomic E-state index is 0.324. The first-order valence-electron chi connectivity index (χ1n) is 6.76. The van der Waals surface area contributed by atoms with Crippen LogP contribution in [-0.4, -0.2) is 41.0 Å². The number of hydrogen-bond donors (Lipinski definition) is 2. The first-order chi connectivity index (χ1) is 9.47. The fraction of sp³-hybridized carbons (Fsp3) is 0.467. The van der Waals surface area contributed by atoms with Gasteiger partial charge in [0.1, 0.15) is 6.04 Å². The second-order valence-electron chi connectivity index (χ2n) is 4.84. The quantitative estimate of drug-likeness (QED) is 0.786. The number of rotatable bonds is 7. The molecule has 0 radical (unpaired) electrons. The number of nitrogens with two attached hydrogens (primary N) is 1. The SMILES string of the molecule is CCC(C(=O)O)N(C)C(=O)C(N)CCc1ccccc1. The van der Waals surface area contributed by atoms with Crippen molar-refractivity contribution in [1.82, 2.24) is 4.90 Å². The average molecular weight is 278 g/mol. The van der Waals surface area contributed by atoms with Crippen LogP contribution in [0, 0.1) is 0 Å². The predicted molar refractivity (Wildman–Crippen MR) is 77.2 cm³/mol. The van der Waals surface area contributed by atoms with Crippen LogP contribution in [0.1, 0.15) is 25.3 Å². The van der Waals surface area contributed by atoms with E-state index in [0.717, 1.165) is 5.56 Å². The molecule has 0 saturated carbocycles. The summed E-state index contributed by atoms with van der Waals surface area (Å²) in [7, 11) is 1.49. The lowest BCUT2D eigenvalue weighted by Crippen LogP contribution is -2.49.